The van der Waals surface area contributed by atoms with Gasteiger partial charge in [0.15, 0.2) is 6.10 Å². The monoisotopic (exact) mass is 312 g/mol. The summed E-state index contributed by atoms with van der Waals surface area (Å²) in [6, 6.07) is 5.52. The second-order valence-corrected chi connectivity index (χ2v) is 5.88. The summed E-state index contributed by atoms with van der Waals surface area (Å²) >= 11 is 6.21. The summed E-state index contributed by atoms with van der Waals surface area (Å²) in [7, 11) is 0. The molecule has 0 fully saturated rings. The van der Waals surface area contributed by atoms with Gasteiger partial charge in [-0.25, -0.2) is 0 Å². The van der Waals surface area contributed by atoms with Crippen LogP contribution in [0.25, 0.3) is 0 Å². The number of benzene rings is 1. The number of amides is 1. The van der Waals surface area contributed by atoms with Gasteiger partial charge in [-0.2, -0.15) is 0 Å². The fourth-order valence-corrected chi connectivity index (χ4v) is 2.12. The molecule has 1 aromatic carbocycles. The molecule has 1 aromatic rings. The molecule has 0 spiro atoms. The number of nitrogens with one attached hydrogen (secondary N) is 1. The van der Waals surface area contributed by atoms with E-state index in [1.807, 2.05) is 32.9 Å². The summed E-state index contributed by atoms with van der Waals surface area (Å²) in [5.74, 6) is 0.489. The lowest BCUT2D eigenvalue weighted by Crippen LogP contribution is -2.41. The fraction of sp³-hybridized carbons (Fsp3) is 0.562. The summed E-state index contributed by atoms with van der Waals surface area (Å²) in [6.45, 7) is 7.63. The standard InChI is InChI=1S/C16H25ClN2O2/c1-5-11(3)19-16(20)12(4)21-15-8-6-7-14(17)13(15)9-10(2)18/h6-8,10-12H,5,9,18H2,1-4H3,(H,19,20). The SMILES string of the molecule is CCC(C)NC(=O)C(C)Oc1cccc(Cl)c1CC(C)N. The molecule has 0 aliphatic heterocycles. The molecule has 1 amide bonds. The van der Waals surface area contributed by atoms with Crippen LogP contribution in [0, 0.1) is 0 Å². The van der Waals surface area contributed by atoms with Gasteiger partial charge in [0, 0.05) is 22.7 Å². The topological polar surface area (TPSA) is 64.3 Å². The Bertz CT molecular complexity index is 477. The lowest BCUT2D eigenvalue weighted by molar-refractivity contribution is -0.127. The van der Waals surface area contributed by atoms with Gasteiger partial charge in [-0.05, 0) is 45.7 Å². The van der Waals surface area contributed by atoms with Crippen LogP contribution < -0.4 is 15.8 Å². The lowest BCUT2D eigenvalue weighted by atomic mass is 10.1. The molecule has 3 unspecified atom stereocenters. The number of hydrogen-bond acceptors (Lipinski definition) is 3. The highest BCUT2D eigenvalue weighted by molar-refractivity contribution is 6.31. The predicted molar refractivity (Wildman–Crippen MR) is 86.8 cm³/mol. The zero-order valence-electron chi connectivity index (χ0n) is 13.2. The van der Waals surface area contributed by atoms with Gasteiger partial charge in [0.2, 0.25) is 0 Å². The minimum Gasteiger partial charge on any atom is -0.481 e. The minimum absolute atomic E-state index is 0.0310. The number of carbonyl (C=O) groups is 1. The molecule has 21 heavy (non-hydrogen) atoms. The highest BCUT2D eigenvalue weighted by Gasteiger charge is 2.19. The van der Waals surface area contributed by atoms with Gasteiger partial charge in [0.05, 0.1) is 0 Å². The van der Waals surface area contributed by atoms with Crippen molar-refractivity contribution in [3.63, 3.8) is 0 Å². The highest BCUT2D eigenvalue weighted by Crippen LogP contribution is 2.28. The molecular formula is C16H25ClN2O2. The van der Waals surface area contributed by atoms with Crippen LogP contribution >= 0.6 is 11.6 Å². The second-order valence-electron chi connectivity index (χ2n) is 5.48. The van der Waals surface area contributed by atoms with Gasteiger partial charge >= 0.3 is 0 Å². The molecule has 0 aliphatic carbocycles. The van der Waals surface area contributed by atoms with Crippen LogP contribution in [0.15, 0.2) is 18.2 Å². The second kappa shape index (κ2) is 8.25. The normalized spacial score (nSPS) is 15.1. The van der Waals surface area contributed by atoms with Crippen molar-refractivity contribution in [3.8, 4) is 5.75 Å². The Morgan fingerprint density at radius 2 is 2.05 bits per heavy atom. The Hall–Kier alpha value is -1.26. The van der Waals surface area contributed by atoms with Crippen LogP contribution in [0.3, 0.4) is 0 Å². The van der Waals surface area contributed by atoms with Crippen molar-refractivity contribution in [1.29, 1.82) is 0 Å². The molecule has 3 N–H and O–H groups in total. The maximum atomic E-state index is 12.0. The fourth-order valence-electron chi connectivity index (χ4n) is 1.88. The van der Waals surface area contributed by atoms with E-state index >= 15 is 0 Å². The average molecular weight is 313 g/mol. The molecule has 0 saturated carbocycles. The van der Waals surface area contributed by atoms with Crippen molar-refractivity contribution in [2.45, 2.75) is 58.7 Å². The molecular weight excluding hydrogens is 288 g/mol. The van der Waals surface area contributed by atoms with Gasteiger partial charge in [-0.3, -0.25) is 4.79 Å². The molecule has 0 saturated heterocycles. The van der Waals surface area contributed by atoms with Crippen LogP contribution in [-0.4, -0.2) is 24.1 Å². The Morgan fingerprint density at radius 3 is 2.62 bits per heavy atom. The molecule has 0 radical (unpaired) electrons. The quantitative estimate of drug-likeness (QED) is 0.813. The third kappa shape index (κ3) is 5.56. The third-order valence-corrected chi connectivity index (χ3v) is 3.63. The zero-order chi connectivity index (χ0) is 16.0. The number of carbonyl (C=O) groups excluding carboxylic acids is 1. The number of rotatable bonds is 7. The van der Waals surface area contributed by atoms with Gasteiger partial charge in [0.25, 0.3) is 5.91 Å². The molecule has 3 atom stereocenters. The summed E-state index contributed by atoms with van der Waals surface area (Å²) in [5.41, 5.74) is 6.69. The van der Waals surface area contributed by atoms with Crippen molar-refractivity contribution in [3.05, 3.63) is 28.8 Å². The predicted octanol–water partition coefficient (Wildman–Crippen LogP) is 2.91. The van der Waals surface area contributed by atoms with E-state index in [1.54, 1.807) is 13.0 Å². The third-order valence-electron chi connectivity index (χ3n) is 3.28. The zero-order valence-corrected chi connectivity index (χ0v) is 13.9. The Labute approximate surface area is 132 Å². The van der Waals surface area contributed by atoms with Crippen molar-refractivity contribution < 1.29 is 9.53 Å². The largest absolute Gasteiger partial charge is 0.481 e. The van der Waals surface area contributed by atoms with Crippen molar-refractivity contribution in [2.75, 3.05) is 0 Å². The minimum atomic E-state index is -0.579. The van der Waals surface area contributed by atoms with Crippen LogP contribution in [0.1, 0.15) is 39.7 Å². The maximum Gasteiger partial charge on any atom is 0.260 e. The van der Waals surface area contributed by atoms with Crippen molar-refractivity contribution >= 4 is 17.5 Å². The van der Waals surface area contributed by atoms with E-state index < -0.39 is 6.10 Å². The van der Waals surface area contributed by atoms with Crippen LogP contribution in [0.5, 0.6) is 5.75 Å². The number of ether oxygens (including phenoxy) is 1. The first-order valence-corrected chi connectivity index (χ1v) is 7.72. The number of nitrogens with two attached hydrogens (primary N) is 1. The van der Waals surface area contributed by atoms with Crippen molar-refractivity contribution in [1.82, 2.24) is 5.32 Å². The first-order valence-electron chi connectivity index (χ1n) is 7.35. The van der Waals surface area contributed by atoms with E-state index in [2.05, 4.69) is 5.32 Å². The molecule has 1 rings (SSSR count). The van der Waals surface area contributed by atoms with Gasteiger partial charge in [0.1, 0.15) is 5.75 Å². The molecule has 0 aromatic heterocycles. The highest BCUT2D eigenvalue weighted by atomic mass is 35.5. The molecule has 0 aliphatic rings. The summed E-state index contributed by atoms with van der Waals surface area (Å²) in [5, 5.41) is 3.51. The molecule has 0 bridgehead atoms. The van der Waals surface area contributed by atoms with E-state index in [0.29, 0.717) is 17.2 Å². The Morgan fingerprint density at radius 1 is 1.38 bits per heavy atom. The number of hydrogen-bond donors (Lipinski definition) is 2. The van der Waals surface area contributed by atoms with Crippen LogP contribution in [-0.2, 0) is 11.2 Å². The first-order chi connectivity index (χ1) is 9.85. The molecule has 4 nitrogen and oxygen atoms in total. The van der Waals surface area contributed by atoms with Gasteiger partial charge in [-0.15, -0.1) is 0 Å². The van der Waals surface area contributed by atoms with Gasteiger partial charge < -0.3 is 15.8 Å². The summed E-state index contributed by atoms with van der Waals surface area (Å²) in [4.78, 5) is 12.0. The van der Waals surface area contributed by atoms with E-state index in [9.17, 15) is 4.79 Å². The Balaban J connectivity index is 2.82. The van der Waals surface area contributed by atoms with E-state index in [1.165, 1.54) is 0 Å². The molecule has 118 valence electrons. The average Bonchev–Trinajstić information content (AvgIpc) is 2.41. The molecule has 5 heteroatoms. The summed E-state index contributed by atoms with van der Waals surface area (Å²) < 4.78 is 5.78. The molecule has 0 heterocycles. The number of halogens is 1. The van der Waals surface area contributed by atoms with Crippen molar-refractivity contribution in [2.24, 2.45) is 5.73 Å². The van der Waals surface area contributed by atoms with E-state index in [4.69, 9.17) is 22.1 Å². The van der Waals surface area contributed by atoms with E-state index in [-0.39, 0.29) is 18.0 Å². The van der Waals surface area contributed by atoms with Crippen LogP contribution in [0.4, 0.5) is 0 Å². The Kier molecular flexibility index (Phi) is 6.99. The smallest absolute Gasteiger partial charge is 0.260 e. The van der Waals surface area contributed by atoms with E-state index in [0.717, 1.165) is 12.0 Å². The van der Waals surface area contributed by atoms with Gasteiger partial charge in [-0.1, -0.05) is 24.6 Å². The summed E-state index contributed by atoms with van der Waals surface area (Å²) in [6.07, 6.45) is 0.907. The first kappa shape index (κ1) is 17.8. The lowest BCUT2D eigenvalue weighted by Gasteiger charge is -2.20. The maximum absolute atomic E-state index is 12.0. The van der Waals surface area contributed by atoms with Crippen LogP contribution in [0.2, 0.25) is 5.02 Å².